The molecule has 0 bridgehead atoms. The van der Waals surface area contributed by atoms with Crippen LogP contribution in [0.15, 0.2) is 30.9 Å². The normalized spacial score (nSPS) is 12.4. The summed E-state index contributed by atoms with van der Waals surface area (Å²) in [6.07, 6.45) is 3.80. The van der Waals surface area contributed by atoms with Gasteiger partial charge >= 0.3 is 0 Å². The van der Waals surface area contributed by atoms with Crippen molar-refractivity contribution >= 4 is 0 Å². The minimum Gasteiger partial charge on any atom is -0.508 e. The second-order valence-electron chi connectivity index (χ2n) is 3.67. The summed E-state index contributed by atoms with van der Waals surface area (Å²) in [6, 6.07) is 5.84. The van der Waals surface area contributed by atoms with Crippen molar-refractivity contribution in [2.75, 3.05) is 0 Å². The quantitative estimate of drug-likeness (QED) is 0.719. The highest BCUT2D eigenvalue weighted by atomic mass is 16.3. The predicted octanol–water partition coefficient (Wildman–Crippen LogP) is 3.63. The summed E-state index contributed by atoms with van der Waals surface area (Å²) in [6.45, 7) is 7.94. The van der Waals surface area contributed by atoms with Crippen molar-refractivity contribution in [2.45, 2.75) is 32.6 Å². The third-order valence-electron chi connectivity index (χ3n) is 2.55. The second kappa shape index (κ2) is 4.85. The van der Waals surface area contributed by atoms with E-state index in [1.807, 2.05) is 12.1 Å². The molecule has 0 aliphatic carbocycles. The number of phenols is 1. The number of hydrogen-bond donors (Lipinski definition) is 1. The molecule has 0 radical (unpaired) electrons. The first-order valence-corrected chi connectivity index (χ1v) is 5.11. The zero-order valence-electron chi connectivity index (χ0n) is 8.96. The predicted molar refractivity (Wildman–Crippen MR) is 60.7 cm³/mol. The lowest BCUT2D eigenvalue weighted by atomic mass is 9.94. The number of allylic oxidation sites excluding steroid dienone is 1. The highest BCUT2D eigenvalue weighted by Gasteiger charge is 2.09. The van der Waals surface area contributed by atoms with Crippen LogP contribution in [0.2, 0.25) is 0 Å². The molecule has 0 aliphatic heterocycles. The summed E-state index contributed by atoms with van der Waals surface area (Å²) in [5.74, 6) is 0.746. The summed E-state index contributed by atoms with van der Waals surface area (Å²) in [4.78, 5) is 0. The van der Waals surface area contributed by atoms with Crippen LogP contribution >= 0.6 is 0 Å². The Bertz CT molecular complexity index is 315. The van der Waals surface area contributed by atoms with E-state index >= 15 is 0 Å². The van der Waals surface area contributed by atoms with Crippen LogP contribution in [0.5, 0.6) is 5.75 Å². The zero-order chi connectivity index (χ0) is 10.6. The maximum absolute atomic E-state index is 9.69. The van der Waals surface area contributed by atoms with E-state index in [2.05, 4.69) is 26.5 Å². The molecule has 0 aromatic heterocycles. The standard InChI is InChI=1S/C13H18O/c1-4-6-10(3)12-9-11(5-2)7-8-13(12)14/h4,7-10,14H,1,5-6H2,2-3H3. The summed E-state index contributed by atoms with van der Waals surface area (Å²) < 4.78 is 0. The first kappa shape index (κ1) is 10.8. The van der Waals surface area contributed by atoms with E-state index < -0.39 is 0 Å². The lowest BCUT2D eigenvalue weighted by Crippen LogP contribution is -1.94. The Morgan fingerprint density at radius 3 is 2.79 bits per heavy atom. The molecule has 1 unspecified atom stereocenters. The van der Waals surface area contributed by atoms with Gasteiger partial charge in [0.05, 0.1) is 0 Å². The van der Waals surface area contributed by atoms with Crippen LogP contribution in [0, 0.1) is 0 Å². The largest absolute Gasteiger partial charge is 0.508 e. The molecule has 0 saturated carbocycles. The highest BCUT2D eigenvalue weighted by molar-refractivity contribution is 5.38. The third-order valence-corrected chi connectivity index (χ3v) is 2.55. The van der Waals surface area contributed by atoms with Crippen molar-refractivity contribution in [3.8, 4) is 5.75 Å². The number of rotatable bonds is 4. The van der Waals surface area contributed by atoms with E-state index in [4.69, 9.17) is 0 Å². The molecule has 14 heavy (non-hydrogen) atoms. The Hall–Kier alpha value is -1.24. The van der Waals surface area contributed by atoms with Crippen molar-refractivity contribution in [1.82, 2.24) is 0 Å². The molecule has 1 N–H and O–H groups in total. The maximum atomic E-state index is 9.69. The molecule has 0 fully saturated rings. The minimum atomic E-state index is 0.346. The van der Waals surface area contributed by atoms with Crippen LogP contribution in [0.1, 0.15) is 37.3 Å². The van der Waals surface area contributed by atoms with E-state index in [1.165, 1.54) is 5.56 Å². The van der Waals surface area contributed by atoms with E-state index in [-0.39, 0.29) is 0 Å². The van der Waals surface area contributed by atoms with Gasteiger partial charge in [0, 0.05) is 0 Å². The van der Waals surface area contributed by atoms with Gasteiger partial charge in [-0.15, -0.1) is 6.58 Å². The topological polar surface area (TPSA) is 20.2 Å². The van der Waals surface area contributed by atoms with Crippen LogP contribution in [0.4, 0.5) is 0 Å². The molecule has 1 nitrogen and oxygen atoms in total. The van der Waals surface area contributed by atoms with Gasteiger partial charge < -0.3 is 5.11 Å². The number of phenolic OH excluding ortho intramolecular Hbond substituents is 1. The van der Waals surface area contributed by atoms with Gasteiger partial charge in [0.25, 0.3) is 0 Å². The Balaban J connectivity index is 2.98. The van der Waals surface area contributed by atoms with E-state index in [1.54, 1.807) is 6.07 Å². The fourth-order valence-corrected chi connectivity index (χ4v) is 1.60. The summed E-state index contributed by atoms with van der Waals surface area (Å²) in [5.41, 5.74) is 2.30. The third kappa shape index (κ3) is 2.38. The molecule has 0 heterocycles. The smallest absolute Gasteiger partial charge is 0.119 e. The summed E-state index contributed by atoms with van der Waals surface area (Å²) >= 11 is 0. The van der Waals surface area contributed by atoms with Gasteiger partial charge in [-0.05, 0) is 36.0 Å². The molecule has 0 spiro atoms. The number of aromatic hydroxyl groups is 1. The minimum absolute atomic E-state index is 0.346. The fraction of sp³-hybridized carbons (Fsp3) is 0.385. The monoisotopic (exact) mass is 190 g/mol. The van der Waals surface area contributed by atoms with Gasteiger partial charge in [0.15, 0.2) is 0 Å². The van der Waals surface area contributed by atoms with Crippen LogP contribution in [-0.4, -0.2) is 5.11 Å². The van der Waals surface area contributed by atoms with E-state index in [0.29, 0.717) is 11.7 Å². The molecule has 1 aromatic rings. The fourth-order valence-electron chi connectivity index (χ4n) is 1.60. The Morgan fingerprint density at radius 2 is 2.21 bits per heavy atom. The molecule has 76 valence electrons. The molecule has 0 saturated heterocycles. The number of hydrogen-bond acceptors (Lipinski definition) is 1. The van der Waals surface area contributed by atoms with Crippen molar-refractivity contribution in [2.24, 2.45) is 0 Å². The molecule has 1 aromatic carbocycles. The first-order chi connectivity index (χ1) is 6.69. The average molecular weight is 190 g/mol. The Morgan fingerprint density at radius 1 is 1.50 bits per heavy atom. The number of benzene rings is 1. The van der Waals surface area contributed by atoms with Gasteiger partial charge in [0.1, 0.15) is 5.75 Å². The maximum Gasteiger partial charge on any atom is 0.119 e. The Kier molecular flexibility index (Phi) is 3.75. The molecular weight excluding hydrogens is 172 g/mol. The molecule has 0 amide bonds. The Labute approximate surface area is 86.1 Å². The molecule has 1 atom stereocenters. The van der Waals surface area contributed by atoms with Crippen LogP contribution in [0.3, 0.4) is 0 Å². The summed E-state index contributed by atoms with van der Waals surface area (Å²) in [5, 5.41) is 9.69. The van der Waals surface area contributed by atoms with E-state index in [9.17, 15) is 5.11 Å². The highest BCUT2D eigenvalue weighted by Crippen LogP contribution is 2.29. The number of aryl methyl sites for hydroxylation is 1. The molecule has 1 heteroatoms. The average Bonchev–Trinajstić information content (AvgIpc) is 2.19. The first-order valence-electron chi connectivity index (χ1n) is 5.11. The van der Waals surface area contributed by atoms with Crippen molar-refractivity contribution < 1.29 is 5.11 Å². The van der Waals surface area contributed by atoms with E-state index in [0.717, 1.165) is 18.4 Å². The van der Waals surface area contributed by atoms with Crippen molar-refractivity contribution in [1.29, 1.82) is 0 Å². The van der Waals surface area contributed by atoms with Crippen molar-refractivity contribution in [3.05, 3.63) is 42.0 Å². The lowest BCUT2D eigenvalue weighted by Gasteiger charge is -2.12. The zero-order valence-corrected chi connectivity index (χ0v) is 8.96. The SMILES string of the molecule is C=CCC(C)c1cc(CC)ccc1O. The second-order valence-corrected chi connectivity index (χ2v) is 3.67. The van der Waals surface area contributed by atoms with Crippen LogP contribution < -0.4 is 0 Å². The lowest BCUT2D eigenvalue weighted by molar-refractivity contribution is 0.463. The molecule has 0 aliphatic rings. The van der Waals surface area contributed by atoms with Gasteiger partial charge in [-0.3, -0.25) is 0 Å². The molecule has 1 rings (SSSR count). The van der Waals surface area contributed by atoms with Crippen LogP contribution in [0.25, 0.3) is 0 Å². The summed E-state index contributed by atoms with van der Waals surface area (Å²) in [7, 11) is 0. The van der Waals surface area contributed by atoms with Gasteiger partial charge in [0.2, 0.25) is 0 Å². The van der Waals surface area contributed by atoms with Crippen LogP contribution in [-0.2, 0) is 6.42 Å². The van der Waals surface area contributed by atoms with Gasteiger partial charge in [-0.25, -0.2) is 0 Å². The van der Waals surface area contributed by atoms with Crippen molar-refractivity contribution in [3.63, 3.8) is 0 Å². The van der Waals surface area contributed by atoms with Gasteiger partial charge in [-0.2, -0.15) is 0 Å². The van der Waals surface area contributed by atoms with Gasteiger partial charge in [-0.1, -0.05) is 32.1 Å². The molecular formula is C13H18O.